The molecule has 0 spiro atoms. The van der Waals surface area contributed by atoms with Crippen molar-refractivity contribution in [2.75, 3.05) is 0 Å². The van der Waals surface area contributed by atoms with E-state index in [-0.39, 0.29) is 0 Å². The largest absolute Gasteiger partial charge is 0.480 e. The Hall–Kier alpha value is -2.52. The first-order chi connectivity index (χ1) is 12.1. The highest BCUT2D eigenvalue weighted by atomic mass is 32.2. The number of thioether (sulfide) groups is 1. The average Bonchev–Trinajstić information content (AvgIpc) is 2.68. The highest BCUT2D eigenvalue weighted by molar-refractivity contribution is 8.01. The minimum Gasteiger partial charge on any atom is -0.480 e. The Morgan fingerprint density at radius 3 is 1.36 bits per heavy atom. The Labute approximate surface area is 152 Å². The van der Waals surface area contributed by atoms with E-state index in [1.807, 2.05) is 54.6 Å². The van der Waals surface area contributed by atoms with Gasteiger partial charge in [0.1, 0.15) is 5.25 Å². The second-order valence-electron chi connectivity index (χ2n) is 5.88. The maximum Gasteiger partial charge on any atom is 0.316 e. The van der Waals surface area contributed by atoms with Gasteiger partial charge in [-0.1, -0.05) is 91.0 Å². The summed E-state index contributed by atoms with van der Waals surface area (Å²) in [5.74, 6) is -0.808. The van der Waals surface area contributed by atoms with E-state index in [0.29, 0.717) is 0 Å². The van der Waals surface area contributed by atoms with Gasteiger partial charge in [0.05, 0.1) is 4.75 Å². The van der Waals surface area contributed by atoms with Crippen LogP contribution in [0.2, 0.25) is 0 Å². The third kappa shape index (κ3) is 3.47. The highest BCUT2D eigenvalue weighted by Gasteiger charge is 2.39. The first kappa shape index (κ1) is 17.3. The molecule has 3 rings (SSSR count). The molecule has 1 atom stereocenters. The Bertz CT molecular complexity index is 720. The second kappa shape index (κ2) is 7.58. The molecule has 126 valence electrons. The number of carboxylic acids is 1. The molecule has 3 heteroatoms. The van der Waals surface area contributed by atoms with E-state index in [2.05, 4.69) is 36.4 Å². The molecule has 0 fully saturated rings. The molecule has 0 aliphatic rings. The smallest absolute Gasteiger partial charge is 0.316 e. The van der Waals surface area contributed by atoms with E-state index in [9.17, 15) is 9.90 Å². The molecule has 2 nitrogen and oxygen atoms in total. The summed E-state index contributed by atoms with van der Waals surface area (Å²) in [5, 5.41) is 9.01. The van der Waals surface area contributed by atoms with Crippen LogP contribution in [-0.4, -0.2) is 16.3 Å². The van der Waals surface area contributed by atoms with Crippen LogP contribution in [0.25, 0.3) is 0 Å². The topological polar surface area (TPSA) is 37.3 Å². The molecular formula is C22H20O2S. The van der Waals surface area contributed by atoms with Crippen LogP contribution >= 0.6 is 11.8 Å². The first-order valence-corrected chi connectivity index (χ1v) is 9.10. The van der Waals surface area contributed by atoms with Gasteiger partial charge in [-0.15, -0.1) is 11.8 Å². The maximum absolute atomic E-state index is 11.7. The predicted molar refractivity (Wildman–Crippen MR) is 104 cm³/mol. The van der Waals surface area contributed by atoms with Gasteiger partial charge in [-0.2, -0.15) is 0 Å². The van der Waals surface area contributed by atoms with Crippen molar-refractivity contribution in [2.24, 2.45) is 0 Å². The standard InChI is InChI=1S/C22H20O2S/c1-17(21(23)24)25-22(18-11-5-2-6-12-18,19-13-7-3-8-14-19)20-15-9-4-10-16-20/h2-17H,1H3,(H,23,24)/t17-/m0/s1. The maximum atomic E-state index is 11.7. The van der Waals surface area contributed by atoms with E-state index in [1.165, 1.54) is 11.8 Å². The van der Waals surface area contributed by atoms with Gasteiger partial charge in [0.25, 0.3) is 0 Å². The fourth-order valence-electron chi connectivity index (χ4n) is 3.04. The number of hydrogen-bond donors (Lipinski definition) is 1. The molecule has 0 unspecified atom stereocenters. The molecule has 0 heterocycles. The molecule has 0 bridgehead atoms. The van der Waals surface area contributed by atoms with Crippen molar-refractivity contribution in [1.82, 2.24) is 0 Å². The van der Waals surface area contributed by atoms with Crippen molar-refractivity contribution in [3.63, 3.8) is 0 Å². The van der Waals surface area contributed by atoms with Crippen LogP contribution in [0.4, 0.5) is 0 Å². The average molecular weight is 348 g/mol. The Kier molecular flexibility index (Phi) is 5.25. The SMILES string of the molecule is C[C@H](SC(c1ccccc1)(c1ccccc1)c1ccccc1)C(=O)O. The summed E-state index contributed by atoms with van der Waals surface area (Å²) in [6.45, 7) is 1.75. The van der Waals surface area contributed by atoms with Crippen molar-refractivity contribution < 1.29 is 9.90 Å². The lowest BCUT2D eigenvalue weighted by Crippen LogP contribution is -2.30. The molecule has 1 N–H and O–H groups in total. The highest BCUT2D eigenvalue weighted by Crippen LogP contribution is 2.50. The van der Waals surface area contributed by atoms with Crippen LogP contribution in [0.15, 0.2) is 91.0 Å². The lowest BCUT2D eigenvalue weighted by molar-refractivity contribution is -0.136. The molecule has 0 aliphatic carbocycles. The minimum absolute atomic E-state index is 0.555. The fraction of sp³-hybridized carbons (Fsp3) is 0.136. The lowest BCUT2D eigenvalue weighted by atomic mass is 9.84. The van der Waals surface area contributed by atoms with E-state index < -0.39 is 16.0 Å². The lowest BCUT2D eigenvalue weighted by Gasteiger charge is -2.36. The molecule has 0 saturated heterocycles. The Morgan fingerprint density at radius 2 is 1.08 bits per heavy atom. The number of rotatable bonds is 6. The van der Waals surface area contributed by atoms with Crippen LogP contribution in [0, 0.1) is 0 Å². The second-order valence-corrected chi connectivity index (χ2v) is 7.43. The summed E-state index contributed by atoms with van der Waals surface area (Å²) in [5.41, 5.74) is 3.22. The van der Waals surface area contributed by atoms with Crippen LogP contribution in [0.3, 0.4) is 0 Å². The third-order valence-corrected chi connectivity index (χ3v) is 5.86. The van der Waals surface area contributed by atoms with Gasteiger partial charge in [-0.3, -0.25) is 4.79 Å². The van der Waals surface area contributed by atoms with Gasteiger partial charge >= 0.3 is 5.97 Å². The van der Waals surface area contributed by atoms with Gasteiger partial charge in [0.15, 0.2) is 0 Å². The summed E-state index contributed by atoms with van der Waals surface area (Å²) in [6, 6.07) is 30.4. The van der Waals surface area contributed by atoms with Crippen LogP contribution in [-0.2, 0) is 9.54 Å². The van der Waals surface area contributed by atoms with Crippen molar-refractivity contribution in [3.8, 4) is 0 Å². The molecule has 0 aromatic heterocycles. The third-order valence-electron chi connectivity index (χ3n) is 4.24. The van der Waals surface area contributed by atoms with E-state index in [1.54, 1.807) is 6.92 Å². The van der Waals surface area contributed by atoms with Crippen molar-refractivity contribution in [2.45, 2.75) is 16.9 Å². The normalized spacial score (nSPS) is 12.5. The quantitative estimate of drug-likeness (QED) is 0.623. The number of carboxylic acid groups (broad SMARTS) is 1. The minimum atomic E-state index is -0.808. The van der Waals surface area contributed by atoms with Gasteiger partial charge < -0.3 is 5.11 Å². The number of aliphatic carboxylic acids is 1. The van der Waals surface area contributed by atoms with Crippen molar-refractivity contribution >= 4 is 17.7 Å². The Balaban J connectivity index is 2.29. The van der Waals surface area contributed by atoms with E-state index >= 15 is 0 Å². The van der Waals surface area contributed by atoms with E-state index in [0.717, 1.165) is 16.7 Å². The zero-order chi connectivity index (χ0) is 17.7. The molecular weight excluding hydrogens is 328 g/mol. The first-order valence-electron chi connectivity index (χ1n) is 8.22. The predicted octanol–water partition coefficient (Wildman–Crippen LogP) is 5.18. The van der Waals surface area contributed by atoms with Crippen LogP contribution in [0.1, 0.15) is 23.6 Å². The zero-order valence-electron chi connectivity index (χ0n) is 14.0. The number of benzene rings is 3. The van der Waals surface area contributed by atoms with Gasteiger partial charge in [0, 0.05) is 0 Å². The molecule has 0 radical (unpaired) electrons. The van der Waals surface area contributed by atoms with Crippen LogP contribution < -0.4 is 0 Å². The zero-order valence-corrected chi connectivity index (χ0v) is 14.8. The van der Waals surface area contributed by atoms with Crippen molar-refractivity contribution in [3.05, 3.63) is 108 Å². The van der Waals surface area contributed by atoms with Gasteiger partial charge in [-0.25, -0.2) is 0 Å². The number of hydrogen-bond acceptors (Lipinski definition) is 2. The fourth-order valence-corrected chi connectivity index (χ4v) is 4.49. The Morgan fingerprint density at radius 1 is 0.760 bits per heavy atom. The van der Waals surface area contributed by atoms with Gasteiger partial charge in [0.2, 0.25) is 0 Å². The van der Waals surface area contributed by atoms with Gasteiger partial charge in [-0.05, 0) is 23.6 Å². The molecule has 3 aromatic rings. The summed E-state index contributed by atoms with van der Waals surface area (Å²) in [4.78, 5) is 11.7. The molecule has 3 aromatic carbocycles. The molecule has 25 heavy (non-hydrogen) atoms. The summed E-state index contributed by atoms with van der Waals surface area (Å²) < 4.78 is -0.582. The molecule has 0 saturated carbocycles. The number of carbonyl (C=O) groups is 1. The van der Waals surface area contributed by atoms with E-state index in [4.69, 9.17) is 0 Å². The summed E-state index contributed by atoms with van der Waals surface area (Å²) >= 11 is 1.46. The molecule has 0 amide bonds. The summed E-state index contributed by atoms with van der Waals surface area (Å²) in [6.07, 6.45) is 0. The molecule has 0 aliphatic heterocycles. The summed E-state index contributed by atoms with van der Waals surface area (Å²) in [7, 11) is 0. The van der Waals surface area contributed by atoms with Crippen LogP contribution in [0.5, 0.6) is 0 Å². The monoisotopic (exact) mass is 348 g/mol. The van der Waals surface area contributed by atoms with Crippen molar-refractivity contribution in [1.29, 1.82) is 0 Å².